The second kappa shape index (κ2) is 10.5. The van der Waals surface area contributed by atoms with E-state index in [-0.39, 0.29) is 0 Å². The van der Waals surface area contributed by atoms with Gasteiger partial charge in [-0.25, -0.2) is 0 Å². The minimum absolute atomic E-state index is 0.977. The molecule has 0 saturated carbocycles. The van der Waals surface area contributed by atoms with E-state index in [1.807, 2.05) is 0 Å². The van der Waals surface area contributed by atoms with E-state index in [0.29, 0.717) is 0 Å². The first kappa shape index (κ1) is 11.5. The normalized spacial score (nSPS) is 10.4. The molecule has 0 saturated heterocycles. The topological polar surface area (TPSA) is 0 Å². The Labute approximate surface area is 78.3 Å². The van der Waals surface area contributed by atoms with Gasteiger partial charge in [0.1, 0.15) is 0 Å². The first-order chi connectivity index (χ1) is 5.41. The molecule has 0 heterocycles. The molecule has 0 rings (SSSR count). The average molecular weight is 221 g/mol. The molecule has 0 spiro atoms. The van der Waals surface area contributed by atoms with Crippen molar-refractivity contribution in [2.45, 2.75) is 63.0 Å². The van der Waals surface area contributed by atoms with Crippen molar-refractivity contribution in [1.82, 2.24) is 0 Å². The Hall–Kier alpha value is 0.519. The van der Waals surface area contributed by atoms with Gasteiger partial charge in [-0.3, -0.25) is 0 Å². The SMILES string of the molecule is CCCCC[Se]CCCCC. The fourth-order valence-electron chi connectivity index (χ4n) is 1.01. The van der Waals surface area contributed by atoms with Gasteiger partial charge in [-0.1, -0.05) is 0 Å². The van der Waals surface area contributed by atoms with E-state index in [4.69, 9.17) is 0 Å². The first-order valence-corrected chi connectivity index (χ1v) is 7.41. The maximum atomic E-state index is 2.28. The molecule has 0 radical (unpaired) electrons. The van der Waals surface area contributed by atoms with E-state index >= 15 is 0 Å². The van der Waals surface area contributed by atoms with Gasteiger partial charge in [-0.2, -0.15) is 0 Å². The summed E-state index contributed by atoms with van der Waals surface area (Å²) in [5, 5.41) is 3.06. The van der Waals surface area contributed by atoms with Gasteiger partial charge < -0.3 is 0 Å². The zero-order chi connectivity index (χ0) is 8.36. The molecule has 11 heavy (non-hydrogen) atoms. The maximum absolute atomic E-state index is 2.28. The van der Waals surface area contributed by atoms with Crippen LogP contribution in [0.5, 0.6) is 0 Å². The van der Waals surface area contributed by atoms with E-state index in [2.05, 4.69) is 13.8 Å². The number of hydrogen-bond acceptors (Lipinski definition) is 0. The Balaban J connectivity index is 2.69. The number of rotatable bonds is 8. The van der Waals surface area contributed by atoms with E-state index in [1.165, 1.54) is 49.2 Å². The molecule has 1 heteroatoms. The Kier molecular flexibility index (Phi) is 11.0. The van der Waals surface area contributed by atoms with Crippen LogP contribution in [-0.4, -0.2) is 15.0 Å². The Morgan fingerprint density at radius 2 is 1.18 bits per heavy atom. The standard InChI is InChI=1S/C10H22Se/c1-3-5-7-9-11-10-8-6-4-2/h3-10H2,1-2H3. The second-order valence-corrected chi connectivity index (χ2v) is 5.60. The van der Waals surface area contributed by atoms with Gasteiger partial charge in [0.25, 0.3) is 0 Å². The van der Waals surface area contributed by atoms with Crippen molar-refractivity contribution >= 4 is 15.0 Å². The Morgan fingerprint density at radius 1 is 0.727 bits per heavy atom. The van der Waals surface area contributed by atoms with Gasteiger partial charge in [0, 0.05) is 0 Å². The van der Waals surface area contributed by atoms with Gasteiger partial charge in [0.2, 0.25) is 0 Å². The summed E-state index contributed by atoms with van der Waals surface area (Å²) >= 11 is 0.977. The molecular formula is C10H22Se. The Bertz CT molecular complexity index is 53.9. The van der Waals surface area contributed by atoms with Crippen LogP contribution in [0.1, 0.15) is 52.4 Å². The molecular weight excluding hydrogens is 199 g/mol. The van der Waals surface area contributed by atoms with E-state index < -0.39 is 0 Å². The molecule has 0 aromatic carbocycles. The summed E-state index contributed by atoms with van der Waals surface area (Å²) in [5.74, 6) is 0. The molecule has 0 atom stereocenters. The van der Waals surface area contributed by atoms with Crippen molar-refractivity contribution in [2.75, 3.05) is 0 Å². The fraction of sp³-hybridized carbons (Fsp3) is 1.00. The third kappa shape index (κ3) is 10.5. The molecule has 0 aromatic heterocycles. The molecule has 0 aromatic rings. The predicted molar refractivity (Wildman–Crippen MR) is 54.4 cm³/mol. The number of unbranched alkanes of at least 4 members (excludes halogenated alkanes) is 4. The van der Waals surface area contributed by atoms with Crippen molar-refractivity contribution in [1.29, 1.82) is 0 Å². The summed E-state index contributed by atoms with van der Waals surface area (Å²) in [5.41, 5.74) is 0. The van der Waals surface area contributed by atoms with E-state index in [0.717, 1.165) is 15.0 Å². The second-order valence-electron chi connectivity index (χ2n) is 3.03. The summed E-state index contributed by atoms with van der Waals surface area (Å²) in [6.07, 6.45) is 8.65. The van der Waals surface area contributed by atoms with Crippen LogP contribution in [0.15, 0.2) is 0 Å². The van der Waals surface area contributed by atoms with Crippen LogP contribution in [-0.2, 0) is 0 Å². The van der Waals surface area contributed by atoms with Crippen LogP contribution in [0.25, 0.3) is 0 Å². The molecule has 0 unspecified atom stereocenters. The van der Waals surface area contributed by atoms with Crippen molar-refractivity contribution in [2.24, 2.45) is 0 Å². The minimum atomic E-state index is 0.977. The monoisotopic (exact) mass is 222 g/mol. The van der Waals surface area contributed by atoms with Crippen LogP contribution >= 0.6 is 0 Å². The van der Waals surface area contributed by atoms with Gasteiger partial charge in [0.05, 0.1) is 0 Å². The summed E-state index contributed by atoms with van der Waals surface area (Å²) < 4.78 is 0. The first-order valence-electron chi connectivity index (χ1n) is 4.99. The van der Waals surface area contributed by atoms with Gasteiger partial charge in [-0.15, -0.1) is 0 Å². The zero-order valence-corrected chi connectivity index (χ0v) is 9.78. The summed E-state index contributed by atoms with van der Waals surface area (Å²) in [4.78, 5) is 0. The molecule has 0 bridgehead atoms. The van der Waals surface area contributed by atoms with Crippen molar-refractivity contribution in [3.63, 3.8) is 0 Å². The van der Waals surface area contributed by atoms with Gasteiger partial charge in [-0.05, 0) is 0 Å². The zero-order valence-electron chi connectivity index (χ0n) is 8.07. The van der Waals surface area contributed by atoms with Gasteiger partial charge in [0.15, 0.2) is 0 Å². The van der Waals surface area contributed by atoms with Crippen LogP contribution in [0, 0.1) is 0 Å². The molecule has 0 N–H and O–H groups in total. The predicted octanol–water partition coefficient (Wildman–Crippen LogP) is 3.91. The molecule has 0 amide bonds. The summed E-state index contributed by atoms with van der Waals surface area (Å²) in [6.45, 7) is 4.56. The van der Waals surface area contributed by atoms with Crippen LogP contribution in [0.3, 0.4) is 0 Å². The Morgan fingerprint density at radius 3 is 1.55 bits per heavy atom. The van der Waals surface area contributed by atoms with E-state index in [1.54, 1.807) is 0 Å². The molecule has 0 aliphatic rings. The third-order valence-corrected chi connectivity index (χ3v) is 4.21. The average Bonchev–Trinajstić information content (AvgIpc) is 2.03. The summed E-state index contributed by atoms with van der Waals surface area (Å²) in [6, 6.07) is 0. The van der Waals surface area contributed by atoms with Crippen molar-refractivity contribution < 1.29 is 0 Å². The third-order valence-electron chi connectivity index (χ3n) is 1.78. The van der Waals surface area contributed by atoms with Crippen LogP contribution < -0.4 is 0 Å². The molecule has 0 aliphatic carbocycles. The van der Waals surface area contributed by atoms with E-state index in [9.17, 15) is 0 Å². The quantitative estimate of drug-likeness (QED) is 0.430. The molecule has 0 fully saturated rings. The van der Waals surface area contributed by atoms with Gasteiger partial charge >= 0.3 is 78.0 Å². The number of hydrogen-bond donors (Lipinski definition) is 0. The van der Waals surface area contributed by atoms with Crippen LogP contribution in [0.4, 0.5) is 0 Å². The van der Waals surface area contributed by atoms with Crippen LogP contribution in [0.2, 0.25) is 10.6 Å². The molecule has 68 valence electrons. The fourth-order valence-corrected chi connectivity index (χ4v) is 3.15. The van der Waals surface area contributed by atoms with Crippen molar-refractivity contribution in [3.05, 3.63) is 0 Å². The molecule has 0 nitrogen and oxygen atoms in total. The molecule has 0 aliphatic heterocycles. The van der Waals surface area contributed by atoms with Crippen molar-refractivity contribution in [3.8, 4) is 0 Å². The summed E-state index contributed by atoms with van der Waals surface area (Å²) in [7, 11) is 0.